The largest absolute Gasteiger partial charge is 0.467 e. The van der Waals surface area contributed by atoms with Crippen LogP contribution in [0, 0.1) is 5.92 Å². The van der Waals surface area contributed by atoms with Crippen molar-refractivity contribution >= 4 is 17.5 Å². The van der Waals surface area contributed by atoms with Crippen LogP contribution in [-0.2, 0) is 12.7 Å². The van der Waals surface area contributed by atoms with E-state index in [-0.39, 0.29) is 18.4 Å². The number of rotatable bonds is 5. The predicted octanol–water partition coefficient (Wildman–Crippen LogP) is 3.46. The summed E-state index contributed by atoms with van der Waals surface area (Å²) in [5.41, 5.74) is -0.0810. The number of methoxy groups -OCH3 is 1. The smallest absolute Gasteiger partial charge is 0.433 e. The van der Waals surface area contributed by atoms with E-state index in [9.17, 15) is 18.0 Å². The van der Waals surface area contributed by atoms with Crippen LogP contribution < -0.4 is 20.3 Å². The molecule has 1 aliphatic heterocycles. The van der Waals surface area contributed by atoms with E-state index in [1.54, 1.807) is 0 Å². The summed E-state index contributed by atoms with van der Waals surface area (Å²) in [6.45, 7) is 3.39. The molecule has 1 aliphatic rings. The van der Waals surface area contributed by atoms with Crippen LogP contribution in [0.3, 0.4) is 0 Å². The number of hydrogen-bond donors (Lipinski definition) is 2. The van der Waals surface area contributed by atoms with Crippen LogP contribution in [0.25, 0.3) is 0 Å². The van der Waals surface area contributed by atoms with Gasteiger partial charge in [0.15, 0.2) is 0 Å². The van der Waals surface area contributed by atoms with Gasteiger partial charge in [0.05, 0.1) is 25.2 Å². The van der Waals surface area contributed by atoms with Gasteiger partial charge in [0, 0.05) is 25.2 Å². The van der Waals surface area contributed by atoms with Crippen LogP contribution in [0.4, 0.5) is 29.5 Å². The zero-order valence-corrected chi connectivity index (χ0v) is 16.7. The second-order valence-electron chi connectivity index (χ2n) is 7.11. The van der Waals surface area contributed by atoms with Crippen molar-refractivity contribution in [3.63, 3.8) is 0 Å². The number of nitrogens with zero attached hydrogens (tertiary/aromatic N) is 4. The fourth-order valence-corrected chi connectivity index (χ4v) is 3.10. The Labute approximate surface area is 171 Å². The Balaban J connectivity index is 1.71. The first-order valence-corrected chi connectivity index (χ1v) is 9.49. The summed E-state index contributed by atoms with van der Waals surface area (Å²) in [4.78, 5) is 25.7. The Morgan fingerprint density at radius 3 is 2.50 bits per heavy atom. The number of urea groups is 1. The Morgan fingerprint density at radius 2 is 1.90 bits per heavy atom. The summed E-state index contributed by atoms with van der Waals surface area (Å²) < 4.78 is 44.3. The maximum Gasteiger partial charge on any atom is 0.433 e. The van der Waals surface area contributed by atoms with Crippen molar-refractivity contribution in [1.82, 2.24) is 20.3 Å². The van der Waals surface area contributed by atoms with E-state index in [2.05, 4.69) is 32.5 Å². The van der Waals surface area contributed by atoms with Gasteiger partial charge in [0.2, 0.25) is 0 Å². The van der Waals surface area contributed by atoms with Gasteiger partial charge in [-0.05, 0) is 24.8 Å². The van der Waals surface area contributed by atoms with Crippen molar-refractivity contribution in [2.75, 3.05) is 30.4 Å². The summed E-state index contributed by atoms with van der Waals surface area (Å²) in [5.74, 6) is 0.774. The molecule has 0 bridgehead atoms. The molecule has 2 amide bonds. The molecule has 30 heavy (non-hydrogen) atoms. The molecule has 2 N–H and O–H groups in total. The number of carbonyl (C=O) groups excluding carboxylic acids is 1. The number of ether oxygens (including phenoxy) is 1. The third-order valence-corrected chi connectivity index (χ3v) is 4.84. The lowest BCUT2D eigenvalue weighted by atomic mass is 9.99. The van der Waals surface area contributed by atoms with E-state index in [1.165, 1.54) is 25.6 Å². The van der Waals surface area contributed by atoms with Crippen molar-refractivity contribution in [2.45, 2.75) is 32.5 Å². The molecular formula is C19H23F3N6O2. The van der Waals surface area contributed by atoms with Crippen molar-refractivity contribution in [2.24, 2.45) is 5.92 Å². The normalized spacial score (nSPS) is 15.0. The molecule has 2 aromatic rings. The third kappa shape index (κ3) is 5.49. The lowest BCUT2D eigenvalue weighted by Gasteiger charge is -2.33. The van der Waals surface area contributed by atoms with E-state index >= 15 is 0 Å². The highest BCUT2D eigenvalue weighted by atomic mass is 19.4. The van der Waals surface area contributed by atoms with Crippen LogP contribution in [-0.4, -0.2) is 41.2 Å². The number of hydrogen-bond acceptors (Lipinski definition) is 6. The van der Waals surface area contributed by atoms with Crippen LogP contribution in [0.15, 0.2) is 24.5 Å². The Bertz CT molecular complexity index is 868. The molecule has 0 atom stereocenters. The number of nitrogens with one attached hydrogen (secondary N) is 2. The average molecular weight is 424 g/mol. The first kappa shape index (κ1) is 21.6. The molecule has 3 heterocycles. The fourth-order valence-electron chi connectivity index (χ4n) is 3.10. The van der Waals surface area contributed by atoms with Crippen molar-refractivity contribution in [3.05, 3.63) is 35.8 Å². The number of pyridine rings is 1. The van der Waals surface area contributed by atoms with Gasteiger partial charge < -0.3 is 20.3 Å². The molecule has 1 saturated heterocycles. The van der Waals surface area contributed by atoms with Crippen molar-refractivity contribution < 1.29 is 22.7 Å². The van der Waals surface area contributed by atoms with Gasteiger partial charge in [-0.2, -0.15) is 13.2 Å². The van der Waals surface area contributed by atoms with Crippen LogP contribution in [0.2, 0.25) is 0 Å². The Kier molecular flexibility index (Phi) is 6.58. The number of carbonyl (C=O) groups is 1. The average Bonchev–Trinajstić information content (AvgIpc) is 2.72. The van der Waals surface area contributed by atoms with Gasteiger partial charge in [-0.25, -0.2) is 19.7 Å². The molecule has 0 saturated carbocycles. The maximum absolute atomic E-state index is 13.2. The van der Waals surface area contributed by atoms with Crippen LogP contribution in [0.5, 0.6) is 6.01 Å². The van der Waals surface area contributed by atoms with Crippen molar-refractivity contribution in [1.29, 1.82) is 0 Å². The Hall–Kier alpha value is -3.11. The molecule has 0 aliphatic carbocycles. The number of aromatic nitrogens is 3. The zero-order valence-electron chi connectivity index (χ0n) is 16.7. The minimum atomic E-state index is -4.53. The zero-order chi connectivity index (χ0) is 21.7. The lowest BCUT2D eigenvalue weighted by Crippen LogP contribution is -2.35. The van der Waals surface area contributed by atoms with Gasteiger partial charge in [-0.15, -0.1) is 0 Å². The van der Waals surface area contributed by atoms with Gasteiger partial charge in [0.1, 0.15) is 11.5 Å². The minimum absolute atomic E-state index is 0.0232. The van der Waals surface area contributed by atoms with E-state index in [0.717, 1.165) is 18.9 Å². The molecule has 0 radical (unpaired) electrons. The number of alkyl halides is 3. The SMILES string of the molecule is COc1ncc(NC(=O)NCc2ccc(C(F)(F)F)nc2N2CCC(C)CC2)cn1. The second kappa shape index (κ2) is 9.14. The monoisotopic (exact) mass is 424 g/mol. The highest BCUT2D eigenvalue weighted by Gasteiger charge is 2.34. The highest BCUT2D eigenvalue weighted by Crippen LogP contribution is 2.32. The summed E-state index contributed by atoms with van der Waals surface area (Å²) in [6, 6.07) is 1.92. The maximum atomic E-state index is 13.2. The first-order chi connectivity index (χ1) is 14.3. The summed E-state index contributed by atoms with van der Waals surface area (Å²) in [5, 5.41) is 5.20. The number of anilines is 2. The molecule has 8 nitrogen and oxygen atoms in total. The van der Waals surface area contributed by atoms with Crippen LogP contribution >= 0.6 is 0 Å². The number of halogens is 3. The molecule has 1 fully saturated rings. The van der Waals surface area contributed by atoms with Gasteiger partial charge in [-0.1, -0.05) is 13.0 Å². The van der Waals surface area contributed by atoms with Gasteiger partial charge in [0.25, 0.3) is 0 Å². The number of amides is 2. The standard InChI is InChI=1S/C19H23F3N6O2/c1-12-5-7-28(8-6-12)16-13(3-4-15(27-16)19(20,21)22)9-23-17(29)26-14-10-24-18(30-2)25-11-14/h3-4,10-12H,5-9H2,1-2H3,(H2,23,26,29). The molecule has 0 aromatic carbocycles. The highest BCUT2D eigenvalue weighted by molar-refractivity contribution is 5.88. The van der Waals surface area contributed by atoms with E-state index in [0.29, 0.717) is 30.3 Å². The van der Waals surface area contributed by atoms with E-state index < -0.39 is 17.9 Å². The molecule has 0 unspecified atom stereocenters. The summed E-state index contributed by atoms with van der Waals surface area (Å²) in [6.07, 6.45) is -0.0160. The molecular weight excluding hydrogens is 401 g/mol. The third-order valence-electron chi connectivity index (χ3n) is 4.84. The molecule has 2 aromatic heterocycles. The summed E-state index contributed by atoms with van der Waals surface area (Å²) in [7, 11) is 1.42. The molecule has 11 heteroatoms. The van der Waals surface area contributed by atoms with Crippen molar-refractivity contribution in [3.8, 4) is 6.01 Å². The second-order valence-corrected chi connectivity index (χ2v) is 7.11. The van der Waals surface area contributed by atoms with Gasteiger partial charge >= 0.3 is 18.2 Å². The quantitative estimate of drug-likeness (QED) is 0.764. The Morgan fingerprint density at radius 1 is 1.23 bits per heavy atom. The molecule has 162 valence electrons. The minimum Gasteiger partial charge on any atom is -0.467 e. The van der Waals surface area contributed by atoms with E-state index in [1.807, 2.05) is 4.90 Å². The predicted molar refractivity (Wildman–Crippen MR) is 104 cm³/mol. The van der Waals surface area contributed by atoms with Gasteiger partial charge in [-0.3, -0.25) is 0 Å². The topological polar surface area (TPSA) is 92.3 Å². The van der Waals surface area contributed by atoms with E-state index in [4.69, 9.17) is 4.74 Å². The fraction of sp³-hybridized carbons (Fsp3) is 0.474. The lowest BCUT2D eigenvalue weighted by molar-refractivity contribution is -0.141. The van der Waals surface area contributed by atoms with Crippen LogP contribution in [0.1, 0.15) is 31.0 Å². The summed E-state index contributed by atoms with van der Waals surface area (Å²) >= 11 is 0. The molecule has 0 spiro atoms. The first-order valence-electron chi connectivity index (χ1n) is 9.49. The molecule has 3 rings (SSSR count). The number of piperidine rings is 1.